The van der Waals surface area contributed by atoms with Crippen LogP contribution < -0.4 is 0 Å². The number of carbonyl (C=O) groups is 2. The number of phenols is 1. The first-order chi connectivity index (χ1) is 10.5. The summed E-state index contributed by atoms with van der Waals surface area (Å²) in [5.41, 5.74) is 1.27. The van der Waals surface area contributed by atoms with E-state index in [-0.39, 0.29) is 18.7 Å². The van der Waals surface area contributed by atoms with E-state index in [1.165, 1.54) is 18.4 Å². The molecule has 0 fully saturated rings. The number of imide groups is 1. The van der Waals surface area contributed by atoms with Crippen molar-refractivity contribution in [2.75, 3.05) is 6.54 Å². The smallest absolute Gasteiger partial charge is 0.414 e. The number of carbonyl (C=O) groups excluding carboxylic acids is 1. The van der Waals surface area contributed by atoms with Crippen LogP contribution in [0.25, 0.3) is 0 Å². The summed E-state index contributed by atoms with van der Waals surface area (Å²) in [5, 5.41) is 22.2. The molecule has 0 spiro atoms. The fourth-order valence-electron chi connectivity index (χ4n) is 2.20. The standard InChI is InChI=1S/C15H16N2O5/c1-2-17(15(20)21)14(19)9-12(13-7-8-22-16-13)10-3-5-11(18)6-4-10/h3-8,12,18H,2,9H2,1H3,(H,20,21). The maximum Gasteiger partial charge on any atom is 0.414 e. The van der Waals surface area contributed by atoms with Gasteiger partial charge in [0.2, 0.25) is 5.91 Å². The van der Waals surface area contributed by atoms with Crippen molar-refractivity contribution in [3.05, 3.63) is 47.9 Å². The highest BCUT2D eigenvalue weighted by Gasteiger charge is 2.26. The molecule has 2 rings (SSSR count). The van der Waals surface area contributed by atoms with Crippen molar-refractivity contribution in [1.82, 2.24) is 10.1 Å². The highest BCUT2D eigenvalue weighted by molar-refractivity contribution is 5.91. The Bertz CT molecular complexity index is 636. The average molecular weight is 304 g/mol. The number of hydrogen-bond acceptors (Lipinski definition) is 5. The molecule has 0 bridgehead atoms. The number of rotatable bonds is 5. The minimum absolute atomic E-state index is 0.0581. The molecule has 0 saturated heterocycles. The minimum atomic E-state index is -1.28. The van der Waals surface area contributed by atoms with Gasteiger partial charge in [0.25, 0.3) is 0 Å². The van der Waals surface area contributed by atoms with Crippen LogP contribution >= 0.6 is 0 Å². The fraction of sp³-hybridized carbons (Fsp3) is 0.267. The van der Waals surface area contributed by atoms with Gasteiger partial charge in [-0.3, -0.25) is 4.79 Å². The van der Waals surface area contributed by atoms with E-state index < -0.39 is 17.9 Å². The van der Waals surface area contributed by atoms with Gasteiger partial charge in [0.1, 0.15) is 12.0 Å². The van der Waals surface area contributed by atoms with Gasteiger partial charge in [-0.2, -0.15) is 0 Å². The molecule has 0 aliphatic carbocycles. The minimum Gasteiger partial charge on any atom is -0.508 e. The van der Waals surface area contributed by atoms with Crippen LogP contribution in [0.5, 0.6) is 5.75 Å². The normalized spacial score (nSPS) is 11.9. The largest absolute Gasteiger partial charge is 0.508 e. The predicted octanol–water partition coefficient (Wildman–Crippen LogP) is 2.43. The molecule has 1 unspecified atom stereocenters. The lowest BCUT2D eigenvalue weighted by molar-refractivity contribution is -0.129. The third-order valence-electron chi connectivity index (χ3n) is 3.34. The van der Waals surface area contributed by atoms with E-state index in [1.807, 2.05) is 0 Å². The van der Waals surface area contributed by atoms with E-state index in [0.717, 1.165) is 10.5 Å². The summed E-state index contributed by atoms with van der Waals surface area (Å²) in [4.78, 5) is 24.0. The molecule has 22 heavy (non-hydrogen) atoms. The zero-order valence-electron chi connectivity index (χ0n) is 12.0. The Morgan fingerprint density at radius 2 is 1.95 bits per heavy atom. The summed E-state index contributed by atoms with van der Waals surface area (Å²) in [6.45, 7) is 1.67. The zero-order chi connectivity index (χ0) is 16.1. The van der Waals surface area contributed by atoms with Crippen LogP contribution in [0.3, 0.4) is 0 Å². The highest BCUT2D eigenvalue weighted by atomic mass is 16.5. The molecule has 116 valence electrons. The van der Waals surface area contributed by atoms with Gasteiger partial charge in [-0.25, -0.2) is 9.69 Å². The third kappa shape index (κ3) is 3.43. The summed E-state index contributed by atoms with van der Waals surface area (Å²) >= 11 is 0. The first kappa shape index (κ1) is 15.6. The van der Waals surface area contributed by atoms with E-state index >= 15 is 0 Å². The average Bonchev–Trinajstić information content (AvgIpc) is 3.00. The predicted molar refractivity (Wildman–Crippen MR) is 76.5 cm³/mol. The summed E-state index contributed by atoms with van der Waals surface area (Å²) in [5.74, 6) is -0.856. The summed E-state index contributed by atoms with van der Waals surface area (Å²) < 4.78 is 4.82. The summed E-state index contributed by atoms with van der Waals surface area (Å²) in [6.07, 6.45) is 0.0523. The molecule has 7 heteroatoms. The van der Waals surface area contributed by atoms with Crippen molar-refractivity contribution in [2.45, 2.75) is 19.3 Å². The van der Waals surface area contributed by atoms with Gasteiger partial charge in [-0.15, -0.1) is 0 Å². The monoisotopic (exact) mass is 304 g/mol. The Labute approximate surface area is 126 Å². The topological polar surface area (TPSA) is 104 Å². The molecule has 2 aromatic rings. The third-order valence-corrected chi connectivity index (χ3v) is 3.34. The van der Waals surface area contributed by atoms with Gasteiger partial charge in [0, 0.05) is 24.9 Å². The molecular formula is C15H16N2O5. The van der Waals surface area contributed by atoms with Crippen molar-refractivity contribution in [3.8, 4) is 5.75 Å². The quantitative estimate of drug-likeness (QED) is 0.879. The summed E-state index contributed by atoms with van der Waals surface area (Å²) in [6, 6.07) is 7.96. The van der Waals surface area contributed by atoms with Crippen molar-refractivity contribution in [3.63, 3.8) is 0 Å². The number of aromatic nitrogens is 1. The van der Waals surface area contributed by atoms with E-state index in [1.54, 1.807) is 25.1 Å². The molecule has 0 radical (unpaired) electrons. The molecule has 0 aliphatic heterocycles. The molecule has 1 aromatic carbocycles. The molecule has 1 heterocycles. The highest BCUT2D eigenvalue weighted by Crippen LogP contribution is 2.28. The molecule has 1 atom stereocenters. The SMILES string of the molecule is CCN(C(=O)O)C(=O)CC(c1ccc(O)cc1)c1ccon1. The lowest BCUT2D eigenvalue weighted by Gasteiger charge is -2.19. The zero-order valence-corrected chi connectivity index (χ0v) is 12.0. The van der Waals surface area contributed by atoms with Crippen LogP contribution in [0.4, 0.5) is 4.79 Å². The van der Waals surface area contributed by atoms with Crippen LogP contribution in [0, 0.1) is 0 Å². The van der Waals surface area contributed by atoms with E-state index in [2.05, 4.69) is 5.16 Å². The Morgan fingerprint density at radius 1 is 1.27 bits per heavy atom. The van der Waals surface area contributed by atoms with Crippen molar-refractivity contribution >= 4 is 12.0 Å². The maximum atomic E-state index is 12.2. The van der Waals surface area contributed by atoms with Crippen molar-refractivity contribution in [2.24, 2.45) is 0 Å². The van der Waals surface area contributed by atoms with Gasteiger partial charge >= 0.3 is 6.09 Å². The van der Waals surface area contributed by atoms with Crippen molar-refractivity contribution in [1.29, 1.82) is 0 Å². The van der Waals surface area contributed by atoms with E-state index in [9.17, 15) is 14.7 Å². The molecule has 2 N–H and O–H groups in total. The Morgan fingerprint density at radius 3 is 2.45 bits per heavy atom. The van der Waals surface area contributed by atoms with E-state index in [0.29, 0.717) is 5.69 Å². The van der Waals surface area contributed by atoms with Crippen molar-refractivity contribution < 1.29 is 24.3 Å². The van der Waals surface area contributed by atoms with Crippen LogP contribution in [0.15, 0.2) is 41.1 Å². The lowest BCUT2D eigenvalue weighted by Crippen LogP contribution is -2.36. The fourth-order valence-corrected chi connectivity index (χ4v) is 2.20. The van der Waals surface area contributed by atoms with Gasteiger partial charge in [0.05, 0.1) is 5.69 Å². The van der Waals surface area contributed by atoms with Crippen LogP contribution in [-0.4, -0.2) is 38.8 Å². The molecule has 1 aromatic heterocycles. The van der Waals surface area contributed by atoms with Gasteiger partial charge in [0.15, 0.2) is 0 Å². The second kappa shape index (κ2) is 6.75. The first-order valence-electron chi connectivity index (χ1n) is 6.75. The lowest BCUT2D eigenvalue weighted by atomic mass is 9.92. The summed E-state index contributed by atoms with van der Waals surface area (Å²) in [7, 11) is 0. The number of hydrogen-bond donors (Lipinski definition) is 2. The van der Waals surface area contributed by atoms with Gasteiger partial charge in [-0.05, 0) is 24.6 Å². The Kier molecular flexibility index (Phi) is 4.77. The molecule has 7 nitrogen and oxygen atoms in total. The second-order valence-corrected chi connectivity index (χ2v) is 4.69. The maximum absolute atomic E-state index is 12.2. The van der Waals surface area contributed by atoms with Crippen LogP contribution in [0.1, 0.15) is 30.5 Å². The Balaban J connectivity index is 2.28. The molecular weight excluding hydrogens is 288 g/mol. The molecule has 0 saturated carbocycles. The molecule has 2 amide bonds. The number of nitrogens with zero attached hydrogens (tertiary/aromatic N) is 2. The van der Waals surface area contributed by atoms with Crippen LogP contribution in [0.2, 0.25) is 0 Å². The molecule has 0 aliphatic rings. The van der Waals surface area contributed by atoms with E-state index in [4.69, 9.17) is 9.63 Å². The number of phenolic OH excluding ortho intramolecular Hbond substituents is 1. The number of aromatic hydroxyl groups is 1. The van der Waals surface area contributed by atoms with Gasteiger partial charge < -0.3 is 14.7 Å². The number of amides is 2. The second-order valence-electron chi connectivity index (χ2n) is 4.69. The van der Waals surface area contributed by atoms with Gasteiger partial charge in [-0.1, -0.05) is 17.3 Å². The first-order valence-corrected chi connectivity index (χ1v) is 6.75. The number of benzene rings is 1. The number of carboxylic acid groups (broad SMARTS) is 1. The van der Waals surface area contributed by atoms with Crippen LogP contribution in [-0.2, 0) is 4.79 Å². The Hall–Kier alpha value is -2.83.